The molecule has 0 aromatic heterocycles. The Hall–Kier alpha value is -2.70. The van der Waals surface area contributed by atoms with Gasteiger partial charge in [-0.1, -0.05) is 0 Å². The third-order valence-corrected chi connectivity index (χ3v) is 3.28. The molecular formula is C16H14F3NO3. The van der Waals surface area contributed by atoms with Gasteiger partial charge in [-0.25, -0.2) is 4.79 Å². The van der Waals surface area contributed by atoms with Crippen molar-refractivity contribution < 1.29 is 27.8 Å². The van der Waals surface area contributed by atoms with Gasteiger partial charge in [-0.3, -0.25) is 0 Å². The second-order valence-corrected chi connectivity index (χ2v) is 4.87. The third kappa shape index (κ3) is 3.74. The molecule has 0 atom stereocenters. The highest BCUT2D eigenvalue weighted by Crippen LogP contribution is 2.33. The maximum absolute atomic E-state index is 12.7. The first-order valence-electron chi connectivity index (χ1n) is 6.58. The first-order chi connectivity index (χ1) is 10.7. The first-order valence-corrected chi connectivity index (χ1v) is 6.58. The summed E-state index contributed by atoms with van der Waals surface area (Å²) in [5.74, 6) is -0.816. The molecule has 0 radical (unpaired) electrons. The molecule has 0 unspecified atom stereocenters. The molecule has 0 heterocycles. The number of methoxy groups -OCH3 is 1. The Morgan fingerprint density at radius 1 is 1.13 bits per heavy atom. The SMILES string of the molecule is COc1ccc(Nc2ccc(C(F)(F)F)cc2C(=O)O)c(C)c1. The normalized spacial score (nSPS) is 11.2. The van der Waals surface area contributed by atoms with Crippen LogP contribution in [0, 0.1) is 6.92 Å². The standard InChI is InChI=1S/C16H14F3NO3/c1-9-7-11(23-2)4-6-13(9)20-14-5-3-10(16(17,18)19)8-12(14)15(21)22/h3-8,20H,1-2H3,(H,21,22). The fourth-order valence-electron chi connectivity index (χ4n) is 2.05. The zero-order valence-electron chi connectivity index (χ0n) is 12.4. The smallest absolute Gasteiger partial charge is 0.416 e. The highest BCUT2D eigenvalue weighted by Gasteiger charge is 2.31. The summed E-state index contributed by atoms with van der Waals surface area (Å²) >= 11 is 0. The van der Waals surface area contributed by atoms with Gasteiger partial charge >= 0.3 is 12.1 Å². The molecule has 0 aliphatic heterocycles. The number of carboxylic acid groups (broad SMARTS) is 1. The summed E-state index contributed by atoms with van der Waals surface area (Å²) in [4.78, 5) is 11.2. The highest BCUT2D eigenvalue weighted by atomic mass is 19.4. The van der Waals surface area contributed by atoms with Crippen molar-refractivity contribution in [2.24, 2.45) is 0 Å². The lowest BCUT2D eigenvalue weighted by Gasteiger charge is -2.15. The number of anilines is 2. The van der Waals surface area contributed by atoms with Crippen LogP contribution in [0.1, 0.15) is 21.5 Å². The number of ether oxygens (including phenoxy) is 1. The summed E-state index contributed by atoms with van der Waals surface area (Å²) in [6.45, 7) is 1.77. The molecule has 2 aromatic rings. The van der Waals surface area contributed by atoms with Crippen LogP contribution >= 0.6 is 0 Å². The topological polar surface area (TPSA) is 58.6 Å². The molecule has 2 rings (SSSR count). The zero-order chi connectivity index (χ0) is 17.2. The van der Waals surface area contributed by atoms with E-state index in [4.69, 9.17) is 9.84 Å². The summed E-state index contributed by atoms with van der Waals surface area (Å²) in [7, 11) is 1.51. The lowest BCUT2D eigenvalue weighted by Crippen LogP contribution is -2.09. The molecule has 0 fully saturated rings. The van der Waals surface area contributed by atoms with Crippen molar-refractivity contribution in [1.29, 1.82) is 0 Å². The predicted octanol–water partition coefficient (Wildman–Crippen LogP) is 4.46. The van der Waals surface area contributed by atoms with Crippen LogP contribution in [0.25, 0.3) is 0 Å². The van der Waals surface area contributed by atoms with Gasteiger partial charge in [0.1, 0.15) is 5.75 Å². The number of carbonyl (C=O) groups is 1. The van der Waals surface area contributed by atoms with Gasteiger partial charge in [-0.05, 0) is 48.9 Å². The molecule has 0 spiro atoms. The minimum Gasteiger partial charge on any atom is -0.497 e. The van der Waals surface area contributed by atoms with E-state index >= 15 is 0 Å². The summed E-state index contributed by atoms with van der Waals surface area (Å²) < 4.78 is 43.2. The van der Waals surface area contributed by atoms with Crippen molar-refractivity contribution in [3.05, 3.63) is 53.1 Å². The van der Waals surface area contributed by atoms with Gasteiger partial charge in [0.2, 0.25) is 0 Å². The molecule has 0 aliphatic rings. The monoisotopic (exact) mass is 325 g/mol. The van der Waals surface area contributed by atoms with Crippen molar-refractivity contribution in [3.8, 4) is 5.75 Å². The maximum Gasteiger partial charge on any atom is 0.416 e. The van der Waals surface area contributed by atoms with Gasteiger partial charge in [0, 0.05) is 5.69 Å². The largest absolute Gasteiger partial charge is 0.497 e. The van der Waals surface area contributed by atoms with Crippen molar-refractivity contribution in [1.82, 2.24) is 0 Å². The summed E-state index contributed by atoms with van der Waals surface area (Å²) in [6.07, 6.45) is -4.60. The number of aryl methyl sites for hydroxylation is 1. The van der Waals surface area contributed by atoms with Crippen LogP contribution in [-0.2, 0) is 6.18 Å². The minimum absolute atomic E-state index is 0.0822. The number of carboxylic acids is 1. The fraction of sp³-hybridized carbons (Fsp3) is 0.188. The second kappa shape index (κ2) is 6.20. The summed E-state index contributed by atoms with van der Waals surface area (Å²) in [5, 5.41) is 12.0. The Balaban J connectivity index is 2.42. The van der Waals surface area contributed by atoms with E-state index in [1.807, 2.05) is 0 Å². The number of halogens is 3. The van der Waals surface area contributed by atoms with Crippen LogP contribution in [0.2, 0.25) is 0 Å². The third-order valence-electron chi connectivity index (χ3n) is 3.28. The fourth-order valence-corrected chi connectivity index (χ4v) is 2.05. The van der Waals surface area contributed by atoms with Crippen LogP contribution in [0.4, 0.5) is 24.5 Å². The van der Waals surface area contributed by atoms with E-state index in [1.165, 1.54) is 7.11 Å². The molecule has 2 aromatic carbocycles. The average Bonchev–Trinajstić information content (AvgIpc) is 2.48. The number of benzene rings is 2. The minimum atomic E-state index is -4.60. The molecule has 2 N–H and O–H groups in total. The van der Waals surface area contributed by atoms with E-state index in [9.17, 15) is 18.0 Å². The van der Waals surface area contributed by atoms with Gasteiger partial charge in [0.15, 0.2) is 0 Å². The first kappa shape index (κ1) is 16.7. The number of rotatable bonds is 4. The average molecular weight is 325 g/mol. The van der Waals surface area contributed by atoms with E-state index in [1.54, 1.807) is 25.1 Å². The van der Waals surface area contributed by atoms with E-state index in [-0.39, 0.29) is 5.69 Å². The maximum atomic E-state index is 12.7. The molecule has 0 aliphatic carbocycles. The van der Waals surface area contributed by atoms with E-state index in [0.717, 1.165) is 17.7 Å². The zero-order valence-corrected chi connectivity index (χ0v) is 12.4. The Bertz CT molecular complexity index is 742. The van der Waals surface area contributed by atoms with Crippen molar-refractivity contribution in [2.45, 2.75) is 13.1 Å². The number of hydrogen-bond donors (Lipinski definition) is 2. The Morgan fingerprint density at radius 3 is 2.30 bits per heavy atom. The van der Waals surface area contributed by atoms with Crippen LogP contribution in [0.15, 0.2) is 36.4 Å². The van der Waals surface area contributed by atoms with Crippen LogP contribution in [-0.4, -0.2) is 18.2 Å². The van der Waals surface area contributed by atoms with E-state index < -0.39 is 23.3 Å². The van der Waals surface area contributed by atoms with E-state index in [0.29, 0.717) is 17.5 Å². The lowest BCUT2D eigenvalue weighted by atomic mass is 10.1. The predicted molar refractivity (Wildman–Crippen MR) is 79.4 cm³/mol. The molecular weight excluding hydrogens is 311 g/mol. The van der Waals surface area contributed by atoms with E-state index in [2.05, 4.69) is 5.32 Å². The summed E-state index contributed by atoms with van der Waals surface area (Å²) in [5.41, 5.74) is -0.0330. The van der Waals surface area contributed by atoms with Gasteiger partial charge in [-0.15, -0.1) is 0 Å². The van der Waals surface area contributed by atoms with Crippen molar-refractivity contribution in [2.75, 3.05) is 12.4 Å². The van der Waals surface area contributed by atoms with Crippen LogP contribution < -0.4 is 10.1 Å². The molecule has 4 nitrogen and oxygen atoms in total. The molecule has 7 heteroatoms. The van der Waals surface area contributed by atoms with Crippen molar-refractivity contribution in [3.63, 3.8) is 0 Å². The molecule has 122 valence electrons. The van der Waals surface area contributed by atoms with Crippen LogP contribution in [0.5, 0.6) is 5.75 Å². The second-order valence-electron chi connectivity index (χ2n) is 4.87. The van der Waals surface area contributed by atoms with Gasteiger partial charge in [-0.2, -0.15) is 13.2 Å². The molecule has 0 bridgehead atoms. The lowest BCUT2D eigenvalue weighted by molar-refractivity contribution is -0.137. The van der Waals surface area contributed by atoms with Crippen molar-refractivity contribution >= 4 is 17.3 Å². The molecule has 0 saturated carbocycles. The summed E-state index contributed by atoms with van der Waals surface area (Å²) in [6, 6.07) is 7.62. The van der Waals surface area contributed by atoms with Crippen LogP contribution in [0.3, 0.4) is 0 Å². The van der Waals surface area contributed by atoms with Gasteiger partial charge in [0.25, 0.3) is 0 Å². The number of nitrogens with one attached hydrogen (secondary N) is 1. The molecule has 23 heavy (non-hydrogen) atoms. The Kier molecular flexibility index (Phi) is 4.49. The Morgan fingerprint density at radius 2 is 1.78 bits per heavy atom. The van der Waals surface area contributed by atoms with Gasteiger partial charge in [0.05, 0.1) is 23.9 Å². The highest BCUT2D eigenvalue weighted by molar-refractivity contribution is 5.95. The Labute approximate surface area is 130 Å². The quantitative estimate of drug-likeness (QED) is 0.871. The van der Waals surface area contributed by atoms with Gasteiger partial charge < -0.3 is 15.2 Å². The molecule has 0 saturated heterocycles. The molecule has 0 amide bonds. The number of aromatic carboxylic acids is 1. The number of alkyl halides is 3. The number of hydrogen-bond acceptors (Lipinski definition) is 3.